The third kappa shape index (κ3) is 3.34. The molecule has 1 aromatic carbocycles. The Hall–Kier alpha value is -1.25. The molecule has 8 heteroatoms. The van der Waals surface area contributed by atoms with Crippen LogP contribution in [0.25, 0.3) is 0 Å². The van der Waals surface area contributed by atoms with Crippen molar-refractivity contribution >= 4 is 27.4 Å². The Morgan fingerprint density at radius 3 is 2.46 bits per heavy atom. The third-order valence-electron chi connectivity index (χ3n) is 6.03. The van der Waals surface area contributed by atoms with Crippen molar-refractivity contribution in [3.8, 4) is 0 Å². The zero-order valence-corrected chi connectivity index (χ0v) is 16.2. The number of rotatable bonds is 3. The first-order chi connectivity index (χ1) is 12.4. The van der Waals surface area contributed by atoms with Gasteiger partial charge < -0.3 is 10.2 Å². The lowest BCUT2D eigenvalue weighted by molar-refractivity contribution is 0.258. The van der Waals surface area contributed by atoms with Crippen molar-refractivity contribution in [1.29, 1.82) is 0 Å². The lowest BCUT2D eigenvalue weighted by Crippen LogP contribution is -2.55. The molecule has 26 heavy (non-hydrogen) atoms. The highest BCUT2D eigenvalue weighted by molar-refractivity contribution is 7.89. The van der Waals surface area contributed by atoms with E-state index in [0.29, 0.717) is 32.2 Å². The van der Waals surface area contributed by atoms with Gasteiger partial charge in [-0.3, -0.25) is 0 Å². The Morgan fingerprint density at radius 2 is 1.85 bits per heavy atom. The number of piperazine rings is 1. The molecule has 2 aliphatic carbocycles. The van der Waals surface area contributed by atoms with E-state index in [2.05, 4.69) is 5.32 Å². The Balaban J connectivity index is 1.35. The molecule has 1 N–H and O–H groups in total. The third-order valence-corrected chi connectivity index (χ3v) is 8.34. The zero-order chi connectivity index (χ0) is 18.3. The molecule has 0 unspecified atom stereocenters. The summed E-state index contributed by atoms with van der Waals surface area (Å²) in [5, 5.41) is 4.23. The van der Waals surface area contributed by atoms with Crippen molar-refractivity contribution in [1.82, 2.24) is 14.5 Å². The number of halogens is 1. The van der Waals surface area contributed by atoms with Gasteiger partial charge in [0.1, 0.15) is 10.7 Å². The van der Waals surface area contributed by atoms with E-state index >= 15 is 0 Å². The van der Waals surface area contributed by atoms with Crippen LogP contribution in [0.3, 0.4) is 0 Å². The van der Waals surface area contributed by atoms with Gasteiger partial charge in [0, 0.05) is 32.2 Å². The van der Waals surface area contributed by atoms with E-state index in [1.807, 2.05) is 4.90 Å². The predicted molar refractivity (Wildman–Crippen MR) is 102 cm³/mol. The number of hydrogen-bond donors (Lipinski definition) is 1. The summed E-state index contributed by atoms with van der Waals surface area (Å²) < 4.78 is 40.6. The van der Waals surface area contributed by atoms with Crippen LogP contribution < -0.4 is 5.32 Å². The van der Waals surface area contributed by atoms with Crippen LogP contribution in [-0.2, 0) is 10.0 Å². The van der Waals surface area contributed by atoms with Crippen LogP contribution in [0.4, 0.5) is 4.39 Å². The molecule has 2 bridgehead atoms. The topological polar surface area (TPSA) is 52.7 Å². The quantitative estimate of drug-likeness (QED) is 0.793. The molecular weight excluding hydrogens is 373 g/mol. The molecule has 1 heterocycles. The fourth-order valence-electron chi connectivity index (χ4n) is 4.60. The minimum Gasteiger partial charge on any atom is -0.360 e. The highest BCUT2D eigenvalue weighted by Crippen LogP contribution is 2.44. The number of benzene rings is 1. The standard InChI is InChI=1S/C18H24FN3O2S2/c19-15-3-1-2-4-17(15)26(23,24)22-9-7-21(8-10-22)18(25)20-16-12-13-5-6-14(16)11-13/h1-4,13-14,16H,5-12H2,(H,20,25)/t13-,14+,16+/m0/s1. The lowest BCUT2D eigenvalue weighted by Gasteiger charge is -2.37. The molecular formula is C18H24FN3O2S2. The lowest BCUT2D eigenvalue weighted by atomic mass is 9.95. The molecule has 1 aromatic rings. The maximum Gasteiger partial charge on any atom is 0.246 e. The van der Waals surface area contributed by atoms with Crippen LogP contribution >= 0.6 is 12.2 Å². The minimum atomic E-state index is -3.80. The first kappa shape index (κ1) is 18.1. The van der Waals surface area contributed by atoms with E-state index in [-0.39, 0.29) is 4.90 Å². The van der Waals surface area contributed by atoms with Crippen molar-refractivity contribution in [3.05, 3.63) is 30.1 Å². The van der Waals surface area contributed by atoms with E-state index in [1.54, 1.807) is 6.07 Å². The maximum absolute atomic E-state index is 13.9. The minimum absolute atomic E-state index is 0.254. The van der Waals surface area contributed by atoms with Crippen LogP contribution in [0, 0.1) is 17.7 Å². The Kier molecular flexibility index (Phi) is 4.92. The van der Waals surface area contributed by atoms with Crippen LogP contribution in [0.15, 0.2) is 29.2 Å². The second-order valence-electron chi connectivity index (χ2n) is 7.55. The number of sulfonamides is 1. The molecule has 0 radical (unpaired) electrons. The van der Waals surface area contributed by atoms with E-state index in [4.69, 9.17) is 12.2 Å². The summed E-state index contributed by atoms with van der Waals surface area (Å²) in [7, 11) is -3.80. The highest BCUT2D eigenvalue weighted by atomic mass is 32.2. The Bertz CT molecular complexity index is 793. The van der Waals surface area contributed by atoms with Gasteiger partial charge in [-0.2, -0.15) is 4.31 Å². The molecule has 0 spiro atoms. The molecule has 2 saturated carbocycles. The summed E-state index contributed by atoms with van der Waals surface area (Å²) in [4.78, 5) is 1.78. The molecule has 142 valence electrons. The van der Waals surface area contributed by atoms with Gasteiger partial charge in [0.05, 0.1) is 0 Å². The second kappa shape index (κ2) is 7.05. The van der Waals surface area contributed by atoms with E-state index in [0.717, 1.165) is 16.9 Å². The maximum atomic E-state index is 13.9. The molecule has 3 fully saturated rings. The van der Waals surface area contributed by atoms with E-state index in [9.17, 15) is 12.8 Å². The molecule has 3 aliphatic rings. The molecule has 0 amide bonds. The monoisotopic (exact) mass is 397 g/mol. The molecule has 0 aromatic heterocycles. The van der Waals surface area contributed by atoms with Gasteiger partial charge >= 0.3 is 0 Å². The fourth-order valence-corrected chi connectivity index (χ4v) is 6.42. The van der Waals surface area contributed by atoms with Crippen LogP contribution in [0.1, 0.15) is 25.7 Å². The summed E-state index contributed by atoms with van der Waals surface area (Å²) in [6.45, 7) is 1.69. The summed E-state index contributed by atoms with van der Waals surface area (Å²) in [6.07, 6.45) is 5.16. The van der Waals surface area contributed by atoms with Crippen molar-refractivity contribution < 1.29 is 12.8 Å². The number of thiocarbonyl (C=S) groups is 1. The largest absolute Gasteiger partial charge is 0.360 e. The summed E-state index contributed by atoms with van der Waals surface area (Å²) in [5.74, 6) is 0.882. The smallest absolute Gasteiger partial charge is 0.246 e. The molecule has 4 rings (SSSR count). The van der Waals surface area contributed by atoms with E-state index in [1.165, 1.54) is 48.2 Å². The molecule has 5 nitrogen and oxygen atoms in total. The molecule has 1 aliphatic heterocycles. The van der Waals surface area contributed by atoms with Crippen LogP contribution in [-0.4, -0.2) is 55.0 Å². The molecule has 1 saturated heterocycles. The van der Waals surface area contributed by atoms with Gasteiger partial charge in [-0.15, -0.1) is 0 Å². The second-order valence-corrected chi connectivity index (χ2v) is 9.85. The highest BCUT2D eigenvalue weighted by Gasteiger charge is 2.40. The summed E-state index contributed by atoms with van der Waals surface area (Å²) in [5.41, 5.74) is 0. The van der Waals surface area contributed by atoms with Crippen molar-refractivity contribution in [2.75, 3.05) is 26.2 Å². The zero-order valence-electron chi connectivity index (χ0n) is 14.6. The fraction of sp³-hybridized carbons (Fsp3) is 0.611. The number of hydrogen-bond acceptors (Lipinski definition) is 3. The first-order valence-electron chi connectivity index (χ1n) is 9.25. The Morgan fingerprint density at radius 1 is 1.12 bits per heavy atom. The number of nitrogens with zero attached hydrogens (tertiary/aromatic N) is 2. The van der Waals surface area contributed by atoms with Gasteiger partial charge in [0.25, 0.3) is 0 Å². The van der Waals surface area contributed by atoms with Crippen molar-refractivity contribution in [2.45, 2.75) is 36.6 Å². The summed E-state index contributed by atoms with van der Waals surface area (Å²) >= 11 is 5.56. The first-order valence-corrected chi connectivity index (χ1v) is 11.1. The van der Waals surface area contributed by atoms with Crippen molar-refractivity contribution in [3.63, 3.8) is 0 Å². The van der Waals surface area contributed by atoms with Crippen LogP contribution in [0.5, 0.6) is 0 Å². The summed E-state index contributed by atoms with van der Waals surface area (Å²) in [6, 6.07) is 6.00. The predicted octanol–water partition coefficient (Wildman–Crippen LogP) is 2.20. The van der Waals surface area contributed by atoms with Gasteiger partial charge in [0.15, 0.2) is 5.11 Å². The van der Waals surface area contributed by atoms with Crippen LogP contribution in [0.2, 0.25) is 0 Å². The Labute approximate surface area is 159 Å². The number of nitrogens with one attached hydrogen (secondary N) is 1. The van der Waals surface area contributed by atoms with Gasteiger partial charge in [-0.05, 0) is 55.4 Å². The SMILES string of the molecule is O=S(=O)(c1ccccc1F)N1CCN(C(=S)N[C@@H]2C[C@H]3CC[C@@H]2C3)CC1. The molecule has 3 atom stereocenters. The van der Waals surface area contributed by atoms with Gasteiger partial charge in [-0.25, -0.2) is 12.8 Å². The number of fused-ring (bicyclic) bond motifs is 2. The van der Waals surface area contributed by atoms with Crippen molar-refractivity contribution in [2.24, 2.45) is 11.8 Å². The van der Waals surface area contributed by atoms with Gasteiger partial charge in [-0.1, -0.05) is 18.6 Å². The average molecular weight is 398 g/mol. The normalized spacial score (nSPS) is 29.1. The van der Waals surface area contributed by atoms with E-state index < -0.39 is 15.8 Å². The average Bonchev–Trinajstić information content (AvgIpc) is 3.25. The van der Waals surface area contributed by atoms with Gasteiger partial charge in [0.2, 0.25) is 10.0 Å².